The quantitative estimate of drug-likeness (QED) is 0.430. The average Bonchev–Trinajstić information content (AvgIpc) is 3.32. The molecule has 3 atom stereocenters. The minimum Gasteiger partial charge on any atom is -0.349 e. The van der Waals surface area contributed by atoms with E-state index >= 15 is 0 Å². The van der Waals surface area contributed by atoms with Crippen LogP contribution in [0.4, 0.5) is 13.6 Å². The van der Waals surface area contributed by atoms with Gasteiger partial charge >= 0.3 is 6.03 Å². The number of rotatable bonds is 7. The maximum atomic E-state index is 13.7. The number of halogens is 2. The van der Waals surface area contributed by atoms with Gasteiger partial charge in [0, 0.05) is 50.5 Å². The van der Waals surface area contributed by atoms with Crippen LogP contribution >= 0.6 is 0 Å². The zero-order valence-corrected chi connectivity index (χ0v) is 24.2. The summed E-state index contributed by atoms with van der Waals surface area (Å²) in [5, 5.41) is 3.21. The molecule has 2 aliphatic carbocycles. The summed E-state index contributed by atoms with van der Waals surface area (Å²) in [5.41, 5.74) is 0.288. The minimum atomic E-state index is -2.66. The first-order valence-electron chi connectivity index (χ1n) is 15.8. The van der Waals surface area contributed by atoms with E-state index in [1.807, 2.05) is 35.2 Å². The van der Waals surface area contributed by atoms with E-state index in [9.17, 15) is 23.2 Å². The van der Waals surface area contributed by atoms with Crippen molar-refractivity contribution in [3.05, 3.63) is 35.9 Å². The number of carbonyl (C=O) groups excluding carboxylic acids is 3. The number of likely N-dealkylation sites (N-methyl/N-ethyl adjacent to an activating group) is 1. The molecule has 5 fully saturated rings. The van der Waals surface area contributed by atoms with Crippen LogP contribution in [0.3, 0.4) is 0 Å². The van der Waals surface area contributed by atoms with Crippen LogP contribution in [-0.2, 0) is 9.59 Å². The Morgan fingerprint density at radius 1 is 0.927 bits per heavy atom. The predicted octanol–water partition coefficient (Wildman–Crippen LogP) is 5.65. The maximum Gasteiger partial charge on any atom is 0.327 e. The fraction of sp³-hybridized carbons (Fsp3) is 0.719. The molecule has 41 heavy (non-hydrogen) atoms. The third-order valence-electron chi connectivity index (χ3n) is 10.8. The topological polar surface area (TPSA) is 73.0 Å². The largest absolute Gasteiger partial charge is 0.349 e. The van der Waals surface area contributed by atoms with E-state index in [0.29, 0.717) is 19.3 Å². The molecule has 5 aliphatic rings. The van der Waals surface area contributed by atoms with Gasteiger partial charge in [-0.3, -0.25) is 19.4 Å². The Morgan fingerprint density at radius 3 is 2.20 bits per heavy atom. The molecule has 224 valence electrons. The third-order valence-corrected chi connectivity index (χ3v) is 10.8. The first-order valence-corrected chi connectivity index (χ1v) is 15.8. The van der Waals surface area contributed by atoms with Gasteiger partial charge in [0.25, 0.3) is 5.91 Å². The summed E-state index contributed by atoms with van der Waals surface area (Å²) in [4.78, 5) is 46.1. The van der Waals surface area contributed by atoms with E-state index in [-0.39, 0.29) is 73.6 Å². The Hall–Kier alpha value is -2.55. The number of benzene rings is 1. The van der Waals surface area contributed by atoms with Crippen molar-refractivity contribution in [1.82, 2.24) is 20.0 Å². The highest BCUT2D eigenvalue weighted by atomic mass is 19.3. The number of hydrogen-bond acceptors (Lipinski definition) is 4. The Labute approximate surface area is 242 Å². The van der Waals surface area contributed by atoms with Crippen LogP contribution in [0.25, 0.3) is 0 Å². The van der Waals surface area contributed by atoms with Crippen LogP contribution in [0.1, 0.15) is 101 Å². The lowest BCUT2D eigenvalue weighted by Gasteiger charge is -2.49. The lowest BCUT2D eigenvalue weighted by Crippen LogP contribution is -2.62. The molecule has 2 unspecified atom stereocenters. The number of carbonyl (C=O) groups is 3. The summed E-state index contributed by atoms with van der Waals surface area (Å²) < 4.78 is 27.4. The SMILES string of the molecule is CN1C(=O)N(C2CCCCC2)C2(CC3CCC(C2)N3CC[C@H](NC(=O)C2CCC(F)(F)CC2)c2ccccc2)C1=O. The number of fused-ring (bicyclic) bond motifs is 2. The lowest BCUT2D eigenvalue weighted by atomic mass is 9.79. The van der Waals surface area contributed by atoms with Crippen molar-refractivity contribution in [3.63, 3.8) is 0 Å². The average molecular weight is 571 g/mol. The summed E-state index contributed by atoms with van der Waals surface area (Å²) >= 11 is 0. The van der Waals surface area contributed by atoms with Crippen LogP contribution < -0.4 is 5.32 Å². The number of piperidine rings is 1. The Bertz CT molecular complexity index is 1120. The normalized spacial score (nSPS) is 31.7. The summed E-state index contributed by atoms with van der Waals surface area (Å²) in [5.74, 6) is -3.19. The highest BCUT2D eigenvalue weighted by Gasteiger charge is 2.63. The maximum absolute atomic E-state index is 13.7. The summed E-state index contributed by atoms with van der Waals surface area (Å²) in [6.07, 6.45) is 9.42. The zero-order chi connectivity index (χ0) is 28.8. The molecule has 4 amide bonds. The van der Waals surface area contributed by atoms with Crippen LogP contribution in [0.2, 0.25) is 0 Å². The van der Waals surface area contributed by atoms with Crippen molar-refractivity contribution in [2.24, 2.45) is 5.92 Å². The van der Waals surface area contributed by atoms with Crippen LogP contribution in [-0.4, -0.2) is 75.7 Å². The van der Waals surface area contributed by atoms with E-state index in [4.69, 9.17) is 0 Å². The molecule has 3 aliphatic heterocycles. The zero-order valence-electron chi connectivity index (χ0n) is 24.2. The predicted molar refractivity (Wildman–Crippen MR) is 151 cm³/mol. The molecule has 3 saturated heterocycles. The second-order valence-corrected chi connectivity index (χ2v) is 13.3. The van der Waals surface area contributed by atoms with E-state index in [0.717, 1.165) is 50.6 Å². The van der Waals surface area contributed by atoms with Crippen molar-refractivity contribution >= 4 is 17.8 Å². The highest BCUT2D eigenvalue weighted by molar-refractivity contribution is 6.07. The number of hydrogen-bond donors (Lipinski definition) is 1. The van der Waals surface area contributed by atoms with E-state index < -0.39 is 11.5 Å². The molecule has 1 N–H and O–H groups in total. The van der Waals surface area contributed by atoms with Gasteiger partial charge in [-0.1, -0.05) is 49.6 Å². The molecule has 3 heterocycles. The van der Waals surface area contributed by atoms with Gasteiger partial charge in [0.2, 0.25) is 11.8 Å². The second-order valence-electron chi connectivity index (χ2n) is 13.3. The standard InChI is InChI=1S/C32H44F2N4O3/c1-36-29(40)31(38(30(36)41)24-10-6-3-7-11-24)20-25-12-13-26(21-31)37(25)19-16-27(22-8-4-2-5-9-22)35-28(39)23-14-17-32(33,34)18-15-23/h2,4-5,8-9,23-27H,3,6-7,10-21H2,1H3,(H,35,39)/t25?,26?,27-,31?/m0/s1. The lowest BCUT2D eigenvalue weighted by molar-refractivity contribution is -0.138. The molecule has 2 saturated carbocycles. The molecular formula is C32H44F2N4O3. The molecule has 1 spiro atoms. The fourth-order valence-electron chi connectivity index (χ4n) is 8.62. The van der Waals surface area contributed by atoms with Crippen LogP contribution in [0.15, 0.2) is 30.3 Å². The van der Waals surface area contributed by atoms with Gasteiger partial charge < -0.3 is 10.2 Å². The van der Waals surface area contributed by atoms with E-state index in [2.05, 4.69) is 10.2 Å². The highest BCUT2D eigenvalue weighted by Crippen LogP contribution is 2.49. The Balaban J connectivity index is 1.15. The number of nitrogens with zero attached hydrogens (tertiary/aromatic N) is 3. The Morgan fingerprint density at radius 2 is 1.56 bits per heavy atom. The third kappa shape index (κ3) is 5.39. The first-order chi connectivity index (χ1) is 19.7. The van der Waals surface area contributed by atoms with Crippen molar-refractivity contribution in [3.8, 4) is 0 Å². The molecule has 7 nitrogen and oxygen atoms in total. The number of nitrogens with one attached hydrogen (secondary N) is 1. The fourth-order valence-corrected chi connectivity index (χ4v) is 8.62. The van der Waals surface area contributed by atoms with E-state index in [1.54, 1.807) is 7.05 Å². The summed E-state index contributed by atoms with van der Waals surface area (Å²) in [7, 11) is 1.64. The molecule has 9 heteroatoms. The monoisotopic (exact) mass is 570 g/mol. The van der Waals surface area contributed by atoms with Crippen molar-refractivity contribution in [1.29, 1.82) is 0 Å². The smallest absolute Gasteiger partial charge is 0.327 e. The molecule has 0 aromatic heterocycles. The van der Waals surface area contributed by atoms with Gasteiger partial charge in [0.1, 0.15) is 5.54 Å². The number of amides is 4. The molecule has 2 bridgehead atoms. The second kappa shape index (κ2) is 11.3. The van der Waals surface area contributed by atoms with Gasteiger partial charge in [-0.15, -0.1) is 0 Å². The molecular weight excluding hydrogens is 526 g/mol. The van der Waals surface area contributed by atoms with Crippen LogP contribution in [0, 0.1) is 5.92 Å². The number of urea groups is 1. The van der Waals surface area contributed by atoms with E-state index in [1.165, 1.54) is 11.3 Å². The molecule has 0 radical (unpaired) electrons. The van der Waals surface area contributed by atoms with Gasteiger partial charge in [0.15, 0.2) is 0 Å². The molecule has 6 rings (SSSR count). The Kier molecular flexibility index (Phi) is 7.85. The molecule has 1 aromatic rings. The van der Waals surface area contributed by atoms with Crippen LogP contribution in [0.5, 0.6) is 0 Å². The van der Waals surface area contributed by atoms with Gasteiger partial charge in [0.05, 0.1) is 6.04 Å². The number of alkyl halides is 2. The minimum absolute atomic E-state index is 0.0305. The van der Waals surface area contributed by atoms with Gasteiger partial charge in [-0.05, 0) is 63.4 Å². The van der Waals surface area contributed by atoms with Crippen molar-refractivity contribution in [2.45, 2.75) is 126 Å². The van der Waals surface area contributed by atoms with Crippen molar-refractivity contribution in [2.75, 3.05) is 13.6 Å². The number of imide groups is 1. The first kappa shape index (κ1) is 28.6. The summed E-state index contributed by atoms with van der Waals surface area (Å²) in [6.45, 7) is 0.773. The van der Waals surface area contributed by atoms with Gasteiger partial charge in [-0.25, -0.2) is 13.6 Å². The van der Waals surface area contributed by atoms with Crippen molar-refractivity contribution < 1.29 is 23.2 Å². The molecule has 1 aromatic carbocycles. The van der Waals surface area contributed by atoms with Gasteiger partial charge in [-0.2, -0.15) is 0 Å². The summed E-state index contributed by atoms with van der Waals surface area (Å²) in [6, 6.07) is 10.2.